The Morgan fingerprint density at radius 1 is 1.35 bits per heavy atom. The number of nitrogens with zero attached hydrogens (tertiary/aromatic N) is 2. The summed E-state index contributed by atoms with van der Waals surface area (Å²) in [5, 5.41) is 15.8. The van der Waals surface area contributed by atoms with Crippen molar-refractivity contribution < 1.29 is 13.5 Å². The summed E-state index contributed by atoms with van der Waals surface area (Å²) in [4.78, 5) is 0.146. The Labute approximate surface area is 120 Å². The van der Waals surface area contributed by atoms with Crippen molar-refractivity contribution >= 4 is 10.0 Å². The number of nitrogens with one attached hydrogen (secondary N) is 1. The van der Waals surface area contributed by atoms with Gasteiger partial charge in [-0.2, -0.15) is 9.40 Å². The molecule has 1 saturated carbocycles. The molecule has 6 nitrogen and oxygen atoms in total. The minimum atomic E-state index is -3.60. The van der Waals surface area contributed by atoms with E-state index in [4.69, 9.17) is 0 Å². The number of aryl methyl sites for hydroxylation is 1. The first-order chi connectivity index (χ1) is 9.52. The predicted octanol–water partition coefficient (Wildman–Crippen LogP) is 1.55. The van der Waals surface area contributed by atoms with Gasteiger partial charge < -0.3 is 5.11 Å². The maximum Gasteiger partial charge on any atom is 0.247 e. The van der Waals surface area contributed by atoms with E-state index in [1.165, 1.54) is 6.42 Å². The van der Waals surface area contributed by atoms with Gasteiger partial charge in [-0.15, -0.1) is 0 Å². The Balaban J connectivity index is 2.38. The number of hydrogen-bond acceptors (Lipinski definition) is 4. The fourth-order valence-electron chi connectivity index (χ4n) is 3.03. The SMILES string of the molecule is CCN(C1CCCCC1)S(=O)(=O)c1c(CO)n[nH]c1C. The molecule has 2 rings (SSSR count). The molecule has 0 amide bonds. The molecule has 2 N–H and O–H groups in total. The first-order valence-corrected chi connectivity index (χ1v) is 8.63. The smallest absolute Gasteiger partial charge is 0.247 e. The lowest BCUT2D eigenvalue weighted by molar-refractivity contribution is 0.257. The van der Waals surface area contributed by atoms with E-state index in [9.17, 15) is 13.5 Å². The average molecular weight is 301 g/mol. The van der Waals surface area contributed by atoms with Gasteiger partial charge in [-0.3, -0.25) is 5.10 Å². The molecule has 20 heavy (non-hydrogen) atoms. The van der Waals surface area contributed by atoms with Crippen molar-refractivity contribution in [1.82, 2.24) is 14.5 Å². The molecule has 1 aliphatic rings. The second-order valence-corrected chi connectivity index (χ2v) is 7.11. The summed E-state index contributed by atoms with van der Waals surface area (Å²) in [6.45, 7) is 3.61. The topological polar surface area (TPSA) is 86.3 Å². The Morgan fingerprint density at radius 2 is 2.00 bits per heavy atom. The van der Waals surface area contributed by atoms with Gasteiger partial charge in [-0.1, -0.05) is 26.2 Å². The Morgan fingerprint density at radius 3 is 2.55 bits per heavy atom. The molecule has 0 unspecified atom stereocenters. The first-order valence-electron chi connectivity index (χ1n) is 7.19. The number of aliphatic hydroxyl groups is 1. The van der Waals surface area contributed by atoms with Crippen LogP contribution in [0.3, 0.4) is 0 Å². The highest BCUT2D eigenvalue weighted by molar-refractivity contribution is 7.89. The Kier molecular flexibility index (Phi) is 4.82. The molecule has 0 saturated heterocycles. The number of rotatable bonds is 5. The number of hydrogen-bond donors (Lipinski definition) is 2. The molecule has 1 heterocycles. The van der Waals surface area contributed by atoms with Gasteiger partial charge in [0.1, 0.15) is 10.6 Å². The number of aromatic nitrogens is 2. The van der Waals surface area contributed by atoms with E-state index in [0.717, 1.165) is 25.7 Å². The molecular formula is C13H23N3O3S. The summed E-state index contributed by atoms with van der Waals surface area (Å²) in [5.74, 6) is 0. The Bertz CT molecular complexity index is 547. The third-order valence-corrected chi connectivity index (χ3v) is 6.20. The molecule has 1 aromatic rings. The Hall–Kier alpha value is -0.920. The van der Waals surface area contributed by atoms with Crippen LogP contribution in [0.15, 0.2) is 4.90 Å². The molecule has 0 bridgehead atoms. The van der Waals surface area contributed by atoms with Crippen molar-refractivity contribution in [2.45, 2.75) is 63.5 Å². The van der Waals surface area contributed by atoms with Crippen molar-refractivity contribution in [3.8, 4) is 0 Å². The second-order valence-electron chi connectivity index (χ2n) is 5.28. The van der Waals surface area contributed by atoms with Crippen LogP contribution in [0.4, 0.5) is 0 Å². The van der Waals surface area contributed by atoms with Crippen molar-refractivity contribution in [1.29, 1.82) is 0 Å². The first kappa shape index (κ1) is 15.5. The fraction of sp³-hybridized carbons (Fsp3) is 0.769. The van der Waals surface area contributed by atoms with Gasteiger partial charge in [0.2, 0.25) is 10.0 Å². The molecule has 0 radical (unpaired) electrons. The lowest BCUT2D eigenvalue weighted by atomic mass is 9.95. The molecule has 7 heteroatoms. The zero-order chi connectivity index (χ0) is 14.8. The van der Waals surface area contributed by atoms with E-state index in [0.29, 0.717) is 12.2 Å². The lowest BCUT2D eigenvalue weighted by Crippen LogP contribution is -2.41. The van der Waals surface area contributed by atoms with Crippen molar-refractivity contribution in [3.05, 3.63) is 11.4 Å². The molecule has 0 aromatic carbocycles. The van der Waals surface area contributed by atoms with E-state index in [-0.39, 0.29) is 23.2 Å². The standard InChI is InChI=1S/C13H23N3O3S/c1-3-16(11-7-5-4-6-8-11)20(18,19)13-10(2)14-15-12(13)9-17/h11,17H,3-9H2,1-2H3,(H,14,15). The summed E-state index contributed by atoms with van der Waals surface area (Å²) in [7, 11) is -3.60. The fourth-order valence-corrected chi connectivity index (χ4v) is 5.05. The van der Waals surface area contributed by atoms with Gasteiger partial charge >= 0.3 is 0 Å². The molecule has 1 aromatic heterocycles. The van der Waals surface area contributed by atoms with Crippen LogP contribution in [0.1, 0.15) is 50.4 Å². The van der Waals surface area contributed by atoms with Crippen LogP contribution >= 0.6 is 0 Å². The highest BCUT2D eigenvalue weighted by atomic mass is 32.2. The lowest BCUT2D eigenvalue weighted by Gasteiger charge is -2.32. The monoisotopic (exact) mass is 301 g/mol. The zero-order valence-electron chi connectivity index (χ0n) is 12.1. The third kappa shape index (κ3) is 2.75. The summed E-state index contributed by atoms with van der Waals surface area (Å²) in [6, 6.07) is 0.0691. The second kappa shape index (κ2) is 6.24. The normalized spacial score (nSPS) is 17.8. The zero-order valence-corrected chi connectivity index (χ0v) is 12.9. The minimum absolute atomic E-state index is 0.0691. The van der Waals surface area contributed by atoms with Crippen LogP contribution in [-0.2, 0) is 16.6 Å². The molecule has 1 fully saturated rings. The summed E-state index contributed by atoms with van der Waals surface area (Å²) in [6.07, 6.45) is 5.17. The largest absolute Gasteiger partial charge is 0.390 e. The van der Waals surface area contributed by atoms with Crippen LogP contribution in [0.2, 0.25) is 0 Å². The molecular weight excluding hydrogens is 278 g/mol. The molecule has 0 atom stereocenters. The van der Waals surface area contributed by atoms with Gasteiger partial charge in [-0.05, 0) is 19.8 Å². The quantitative estimate of drug-likeness (QED) is 0.864. The van der Waals surface area contributed by atoms with Crippen molar-refractivity contribution in [3.63, 3.8) is 0 Å². The molecule has 114 valence electrons. The van der Waals surface area contributed by atoms with Crippen LogP contribution < -0.4 is 0 Å². The van der Waals surface area contributed by atoms with E-state index in [1.54, 1.807) is 11.2 Å². The van der Waals surface area contributed by atoms with Gasteiger partial charge in [0.15, 0.2) is 0 Å². The van der Waals surface area contributed by atoms with E-state index >= 15 is 0 Å². The summed E-state index contributed by atoms with van der Waals surface area (Å²) < 4.78 is 27.3. The highest BCUT2D eigenvalue weighted by Crippen LogP contribution is 2.29. The number of aromatic amines is 1. The predicted molar refractivity (Wildman–Crippen MR) is 75.7 cm³/mol. The number of aliphatic hydroxyl groups excluding tert-OH is 1. The van der Waals surface area contributed by atoms with Gasteiger partial charge in [0, 0.05) is 12.6 Å². The van der Waals surface area contributed by atoms with Crippen LogP contribution in [0, 0.1) is 6.92 Å². The maximum atomic E-state index is 12.9. The van der Waals surface area contributed by atoms with Gasteiger partial charge in [0.25, 0.3) is 0 Å². The summed E-state index contributed by atoms with van der Waals surface area (Å²) >= 11 is 0. The van der Waals surface area contributed by atoms with E-state index in [2.05, 4.69) is 10.2 Å². The maximum absolute atomic E-state index is 12.9. The molecule has 0 spiro atoms. The minimum Gasteiger partial charge on any atom is -0.390 e. The molecule has 0 aliphatic heterocycles. The van der Waals surface area contributed by atoms with Gasteiger partial charge in [0.05, 0.1) is 12.3 Å². The van der Waals surface area contributed by atoms with Crippen LogP contribution in [0.5, 0.6) is 0 Å². The summed E-state index contributed by atoms with van der Waals surface area (Å²) in [5.41, 5.74) is 0.695. The van der Waals surface area contributed by atoms with Crippen LogP contribution in [-0.4, -0.2) is 40.6 Å². The third-order valence-electron chi connectivity index (χ3n) is 3.97. The average Bonchev–Trinajstić information content (AvgIpc) is 2.82. The highest BCUT2D eigenvalue weighted by Gasteiger charge is 2.34. The number of sulfonamides is 1. The van der Waals surface area contributed by atoms with Crippen molar-refractivity contribution in [2.24, 2.45) is 0 Å². The van der Waals surface area contributed by atoms with Gasteiger partial charge in [-0.25, -0.2) is 8.42 Å². The van der Waals surface area contributed by atoms with E-state index < -0.39 is 10.0 Å². The molecule has 1 aliphatic carbocycles. The van der Waals surface area contributed by atoms with Crippen LogP contribution in [0.25, 0.3) is 0 Å². The van der Waals surface area contributed by atoms with E-state index in [1.807, 2.05) is 6.92 Å². The van der Waals surface area contributed by atoms with Crippen molar-refractivity contribution in [2.75, 3.05) is 6.54 Å². The number of H-pyrrole nitrogens is 1.